The number of nitrogen functional groups attached to an aromatic ring is 1. The fourth-order valence-corrected chi connectivity index (χ4v) is 0.793. The van der Waals surface area contributed by atoms with E-state index in [1.54, 1.807) is 24.3 Å². The van der Waals surface area contributed by atoms with Crippen LogP contribution in [0.3, 0.4) is 0 Å². The van der Waals surface area contributed by atoms with E-state index < -0.39 is 18.0 Å². The van der Waals surface area contributed by atoms with Gasteiger partial charge in [-0.05, 0) is 19.1 Å². The van der Waals surface area contributed by atoms with Crippen molar-refractivity contribution in [2.75, 3.05) is 12.8 Å². The molecule has 0 aliphatic rings. The molecule has 0 aliphatic carbocycles. The van der Waals surface area contributed by atoms with Gasteiger partial charge in [-0.1, -0.05) is 12.1 Å². The van der Waals surface area contributed by atoms with E-state index in [0.717, 1.165) is 0 Å². The van der Waals surface area contributed by atoms with Crippen molar-refractivity contribution in [3.63, 3.8) is 0 Å². The van der Waals surface area contributed by atoms with Crippen molar-refractivity contribution in [1.82, 2.24) is 0 Å². The molecule has 0 heterocycles. The highest BCUT2D eigenvalue weighted by Gasteiger charge is 2.06. The lowest BCUT2D eigenvalue weighted by Crippen LogP contribution is -2.13. The fraction of sp³-hybridized carbons (Fsp3) is 0.273. The number of aliphatic carboxylic acids is 1. The molecular weight excluding hydrogens is 226 g/mol. The quantitative estimate of drug-likeness (QED) is 0.514. The molecule has 0 spiro atoms. The van der Waals surface area contributed by atoms with E-state index >= 15 is 0 Å². The van der Waals surface area contributed by atoms with Gasteiger partial charge in [0.15, 0.2) is 0 Å². The van der Waals surface area contributed by atoms with Gasteiger partial charge in [-0.3, -0.25) is 0 Å². The predicted octanol–water partition coefficient (Wildman–Crippen LogP) is 0.507. The predicted molar refractivity (Wildman–Crippen MR) is 61.5 cm³/mol. The van der Waals surface area contributed by atoms with Gasteiger partial charge in [0.25, 0.3) is 0 Å². The standard InChI is InChI=1S/C8H9NO2.C3H6O3/c1-11-8(10)6-4-2-3-5-7(6)9;1-2(4)3(5)6/h2-5H,9H2,1H3;2,4H,1H3,(H,5,6). The first-order valence-electron chi connectivity index (χ1n) is 4.73. The molecular formula is C11H15NO5. The van der Waals surface area contributed by atoms with Gasteiger partial charge in [0.05, 0.1) is 12.7 Å². The van der Waals surface area contributed by atoms with Crippen molar-refractivity contribution in [1.29, 1.82) is 0 Å². The molecule has 1 aromatic carbocycles. The molecule has 0 aromatic heterocycles. The Morgan fingerprint density at radius 2 is 1.82 bits per heavy atom. The SMILES string of the molecule is CC(O)C(=O)O.COC(=O)c1ccccc1N. The maximum Gasteiger partial charge on any atom is 0.339 e. The van der Waals surface area contributed by atoms with E-state index in [1.807, 2.05) is 0 Å². The van der Waals surface area contributed by atoms with Crippen LogP contribution >= 0.6 is 0 Å². The monoisotopic (exact) mass is 241 g/mol. The number of aliphatic hydroxyl groups excluding tert-OH is 1. The number of methoxy groups -OCH3 is 1. The molecule has 1 aromatic rings. The number of para-hydroxylation sites is 1. The Morgan fingerprint density at radius 1 is 1.35 bits per heavy atom. The van der Waals surface area contributed by atoms with Crippen molar-refractivity contribution in [3.8, 4) is 0 Å². The van der Waals surface area contributed by atoms with Gasteiger partial charge in [-0.15, -0.1) is 0 Å². The third-order valence-electron chi connectivity index (χ3n) is 1.72. The summed E-state index contributed by atoms with van der Waals surface area (Å²) in [5.41, 5.74) is 6.35. The Hall–Kier alpha value is -2.08. The third kappa shape index (κ3) is 5.53. The number of carboxylic acid groups (broad SMARTS) is 1. The zero-order chi connectivity index (χ0) is 13.4. The number of benzene rings is 1. The number of esters is 1. The highest BCUT2D eigenvalue weighted by molar-refractivity contribution is 5.94. The van der Waals surface area contributed by atoms with E-state index in [0.29, 0.717) is 11.3 Å². The Labute approximate surface area is 98.6 Å². The van der Waals surface area contributed by atoms with Crippen molar-refractivity contribution in [3.05, 3.63) is 29.8 Å². The smallest absolute Gasteiger partial charge is 0.339 e. The molecule has 1 rings (SSSR count). The molecule has 0 bridgehead atoms. The van der Waals surface area contributed by atoms with Crippen LogP contribution in [0.25, 0.3) is 0 Å². The molecule has 0 radical (unpaired) electrons. The molecule has 0 amide bonds. The number of carbonyl (C=O) groups is 2. The number of rotatable bonds is 2. The second-order valence-corrected chi connectivity index (χ2v) is 3.09. The molecule has 1 unspecified atom stereocenters. The third-order valence-corrected chi connectivity index (χ3v) is 1.72. The van der Waals surface area contributed by atoms with Crippen LogP contribution in [-0.4, -0.2) is 35.4 Å². The summed E-state index contributed by atoms with van der Waals surface area (Å²) in [6.45, 7) is 1.20. The van der Waals surface area contributed by atoms with Crippen LogP contribution in [0.1, 0.15) is 17.3 Å². The van der Waals surface area contributed by atoms with Gasteiger partial charge in [0.2, 0.25) is 0 Å². The molecule has 0 saturated heterocycles. The summed E-state index contributed by atoms with van der Waals surface area (Å²) in [4.78, 5) is 20.4. The molecule has 6 nitrogen and oxygen atoms in total. The van der Waals surface area contributed by atoms with Crippen molar-refractivity contribution in [2.24, 2.45) is 0 Å². The first kappa shape index (κ1) is 14.9. The first-order chi connectivity index (χ1) is 7.90. The fourth-order valence-electron chi connectivity index (χ4n) is 0.793. The average Bonchev–Trinajstić information content (AvgIpc) is 2.29. The van der Waals surface area contributed by atoms with Crippen LogP contribution in [0.5, 0.6) is 0 Å². The van der Waals surface area contributed by atoms with Crippen molar-refractivity contribution in [2.45, 2.75) is 13.0 Å². The van der Waals surface area contributed by atoms with E-state index in [-0.39, 0.29) is 0 Å². The summed E-state index contributed by atoms with van der Waals surface area (Å²) in [5, 5.41) is 15.8. The number of nitrogens with two attached hydrogens (primary N) is 1. The number of carbonyl (C=O) groups excluding carboxylic acids is 1. The maximum absolute atomic E-state index is 10.9. The Balaban J connectivity index is 0.000000366. The second-order valence-electron chi connectivity index (χ2n) is 3.09. The van der Waals surface area contributed by atoms with Crippen LogP contribution in [0, 0.1) is 0 Å². The highest BCUT2D eigenvalue weighted by atomic mass is 16.5. The zero-order valence-corrected chi connectivity index (χ0v) is 9.58. The number of anilines is 1. The highest BCUT2D eigenvalue weighted by Crippen LogP contribution is 2.10. The molecule has 94 valence electrons. The Bertz CT molecular complexity index is 389. The lowest BCUT2D eigenvalue weighted by Gasteiger charge is -2.00. The molecule has 17 heavy (non-hydrogen) atoms. The van der Waals surface area contributed by atoms with Gasteiger partial charge in [0.1, 0.15) is 6.10 Å². The number of hydrogen-bond acceptors (Lipinski definition) is 5. The Kier molecular flexibility index (Phi) is 6.35. The van der Waals surface area contributed by atoms with Gasteiger partial charge in [0, 0.05) is 5.69 Å². The van der Waals surface area contributed by atoms with Crippen molar-refractivity contribution < 1.29 is 24.5 Å². The lowest BCUT2D eigenvalue weighted by molar-refractivity contribution is -0.145. The molecule has 1 atom stereocenters. The molecule has 6 heteroatoms. The van der Waals surface area contributed by atoms with Gasteiger partial charge in [-0.25, -0.2) is 9.59 Å². The molecule has 0 aliphatic heterocycles. The number of hydrogen-bond donors (Lipinski definition) is 3. The summed E-state index contributed by atoms with van der Waals surface area (Å²) in [6.07, 6.45) is -1.23. The van der Waals surface area contributed by atoms with E-state index in [4.69, 9.17) is 15.9 Å². The zero-order valence-electron chi connectivity index (χ0n) is 9.58. The largest absolute Gasteiger partial charge is 0.479 e. The van der Waals surface area contributed by atoms with Crippen LogP contribution in [0.2, 0.25) is 0 Å². The van der Waals surface area contributed by atoms with Crippen LogP contribution in [0.4, 0.5) is 5.69 Å². The van der Waals surface area contributed by atoms with Gasteiger partial charge >= 0.3 is 11.9 Å². The summed E-state index contributed by atoms with van der Waals surface area (Å²) >= 11 is 0. The normalized spacial score (nSPS) is 10.8. The second kappa shape index (κ2) is 7.24. The van der Waals surface area contributed by atoms with Crippen molar-refractivity contribution >= 4 is 17.6 Å². The minimum atomic E-state index is -1.23. The van der Waals surface area contributed by atoms with Gasteiger partial charge < -0.3 is 20.7 Å². The van der Waals surface area contributed by atoms with Crippen LogP contribution < -0.4 is 5.73 Å². The summed E-state index contributed by atoms with van der Waals surface area (Å²) in [6, 6.07) is 6.79. The first-order valence-corrected chi connectivity index (χ1v) is 4.73. The maximum atomic E-state index is 10.9. The summed E-state index contributed by atoms with van der Waals surface area (Å²) in [7, 11) is 1.33. The molecule has 4 N–H and O–H groups in total. The summed E-state index contributed by atoms with van der Waals surface area (Å²) in [5.74, 6) is -1.59. The number of carboxylic acids is 1. The minimum Gasteiger partial charge on any atom is -0.479 e. The number of aliphatic hydroxyl groups is 1. The summed E-state index contributed by atoms with van der Waals surface area (Å²) < 4.78 is 4.50. The van der Waals surface area contributed by atoms with E-state index in [9.17, 15) is 9.59 Å². The van der Waals surface area contributed by atoms with Gasteiger partial charge in [-0.2, -0.15) is 0 Å². The molecule has 0 saturated carbocycles. The van der Waals surface area contributed by atoms with E-state index in [2.05, 4.69) is 4.74 Å². The minimum absolute atomic E-state index is 0.400. The average molecular weight is 241 g/mol. The van der Waals surface area contributed by atoms with E-state index in [1.165, 1.54) is 14.0 Å². The topological polar surface area (TPSA) is 110 Å². The van der Waals surface area contributed by atoms with Crippen LogP contribution in [0.15, 0.2) is 24.3 Å². The lowest BCUT2D eigenvalue weighted by atomic mass is 10.2. The molecule has 0 fully saturated rings. The Morgan fingerprint density at radius 3 is 2.18 bits per heavy atom. The van der Waals surface area contributed by atoms with Crippen LogP contribution in [-0.2, 0) is 9.53 Å². The number of ether oxygens (including phenoxy) is 1.